The Bertz CT molecular complexity index is 140. The molecule has 0 aromatic heterocycles. The minimum Gasteiger partial charge on any atom is -0.305 e. The Hall–Kier alpha value is -0.0800. The average molecular weight is 168 g/mol. The third kappa shape index (κ3) is 1.64. The summed E-state index contributed by atoms with van der Waals surface area (Å²) in [5.41, 5.74) is 0. The standard InChI is InChI=1S/C10H20N2/c1-9-3-6-12(7-9)10-4-5-11(2)8-10/h9-10H,3-8H2,1-2H3/t9-,10+/m1/s1. The maximum atomic E-state index is 2.69. The fourth-order valence-corrected chi connectivity index (χ4v) is 2.51. The van der Waals surface area contributed by atoms with E-state index in [0.717, 1.165) is 12.0 Å². The van der Waals surface area contributed by atoms with Crippen molar-refractivity contribution in [3.63, 3.8) is 0 Å². The van der Waals surface area contributed by atoms with Gasteiger partial charge in [-0.3, -0.25) is 4.90 Å². The molecular weight excluding hydrogens is 148 g/mol. The summed E-state index contributed by atoms with van der Waals surface area (Å²) in [6.07, 6.45) is 2.81. The highest BCUT2D eigenvalue weighted by molar-refractivity contribution is 4.85. The second-order valence-corrected chi connectivity index (χ2v) is 4.59. The summed E-state index contributed by atoms with van der Waals surface area (Å²) in [5, 5.41) is 0. The van der Waals surface area contributed by atoms with Crippen LogP contribution in [0.25, 0.3) is 0 Å². The van der Waals surface area contributed by atoms with E-state index >= 15 is 0 Å². The molecule has 0 unspecified atom stereocenters. The Kier molecular flexibility index (Phi) is 2.37. The van der Waals surface area contributed by atoms with Crippen LogP contribution in [0, 0.1) is 5.92 Å². The van der Waals surface area contributed by atoms with Crippen molar-refractivity contribution in [3.8, 4) is 0 Å². The van der Waals surface area contributed by atoms with Gasteiger partial charge in [0.2, 0.25) is 0 Å². The van der Waals surface area contributed by atoms with Crippen LogP contribution in [-0.4, -0.2) is 49.1 Å². The molecule has 2 fully saturated rings. The van der Waals surface area contributed by atoms with Crippen molar-refractivity contribution in [2.45, 2.75) is 25.8 Å². The van der Waals surface area contributed by atoms with Gasteiger partial charge in [0.1, 0.15) is 0 Å². The largest absolute Gasteiger partial charge is 0.305 e. The molecule has 0 radical (unpaired) electrons. The van der Waals surface area contributed by atoms with E-state index in [1.54, 1.807) is 0 Å². The first kappa shape index (κ1) is 8.52. The van der Waals surface area contributed by atoms with Crippen molar-refractivity contribution >= 4 is 0 Å². The van der Waals surface area contributed by atoms with Crippen LogP contribution in [0.3, 0.4) is 0 Å². The maximum Gasteiger partial charge on any atom is 0.0235 e. The maximum absolute atomic E-state index is 2.69. The van der Waals surface area contributed by atoms with Crippen LogP contribution >= 0.6 is 0 Å². The number of nitrogens with zero attached hydrogens (tertiary/aromatic N) is 2. The third-order valence-corrected chi connectivity index (χ3v) is 3.34. The number of likely N-dealkylation sites (N-methyl/N-ethyl adjacent to an activating group) is 1. The highest BCUT2D eigenvalue weighted by atomic mass is 15.2. The molecule has 0 spiro atoms. The van der Waals surface area contributed by atoms with E-state index in [-0.39, 0.29) is 0 Å². The van der Waals surface area contributed by atoms with Gasteiger partial charge < -0.3 is 4.90 Å². The summed E-state index contributed by atoms with van der Waals surface area (Å²) >= 11 is 0. The van der Waals surface area contributed by atoms with Crippen LogP contribution in [0.2, 0.25) is 0 Å². The lowest BCUT2D eigenvalue weighted by Gasteiger charge is -2.23. The lowest BCUT2D eigenvalue weighted by molar-refractivity contribution is 0.236. The lowest BCUT2D eigenvalue weighted by atomic mass is 10.2. The number of rotatable bonds is 1. The summed E-state index contributed by atoms with van der Waals surface area (Å²) < 4.78 is 0. The van der Waals surface area contributed by atoms with Crippen LogP contribution < -0.4 is 0 Å². The first-order valence-electron chi connectivity index (χ1n) is 5.18. The number of hydrogen-bond donors (Lipinski definition) is 0. The van der Waals surface area contributed by atoms with Gasteiger partial charge in [-0.05, 0) is 38.9 Å². The van der Waals surface area contributed by atoms with Gasteiger partial charge in [0.05, 0.1) is 0 Å². The van der Waals surface area contributed by atoms with Crippen molar-refractivity contribution in [1.82, 2.24) is 9.80 Å². The molecule has 2 aliphatic rings. The van der Waals surface area contributed by atoms with Crippen LogP contribution in [0.4, 0.5) is 0 Å². The predicted octanol–water partition coefficient (Wildman–Crippen LogP) is 1.03. The third-order valence-electron chi connectivity index (χ3n) is 3.34. The normalized spacial score (nSPS) is 39.5. The van der Waals surface area contributed by atoms with Crippen LogP contribution in [0.5, 0.6) is 0 Å². The fraction of sp³-hybridized carbons (Fsp3) is 1.00. The molecule has 2 atom stereocenters. The quantitative estimate of drug-likeness (QED) is 0.577. The van der Waals surface area contributed by atoms with Crippen molar-refractivity contribution in [2.75, 3.05) is 33.2 Å². The van der Waals surface area contributed by atoms with Gasteiger partial charge in [0.15, 0.2) is 0 Å². The van der Waals surface area contributed by atoms with Gasteiger partial charge in [-0.2, -0.15) is 0 Å². The van der Waals surface area contributed by atoms with E-state index in [0.29, 0.717) is 0 Å². The van der Waals surface area contributed by atoms with Crippen LogP contribution in [0.1, 0.15) is 19.8 Å². The zero-order valence-corrected chi connectivity index (χ0v) is 8.29. The molecule has 0 N–H and O–H groups in total. The molecule has 0 aromatic carbocycles. The first-order chi connectivity index (χ1) is 5.75. The second kappa shape index (κ2) is 3.35. The minimum atomic E-state index is 0.875. The van der Waals surface area contributed by atoms with Gasteiger partial charge in [-0.15, -0.1) is 0 Å². The van der Waals surface area contributed by atoms with E-state index in [2.05, 4.69) is 23.8 Å². The van der Waals surface area contributed by atoms with Crippen LogP contribution in [0.15, 0.2) is 0 Å². The summed E-state index contributed by atoms with van der Waals surface area (Å²) in [4.78, 5) is 5.14. The molecule has 0 aliphatic carbocycles. The Morgan fingerprint density at radius 1 is 1.08 bits per heavy atom. The SMILES string of the molecule is C[C@@H]1CCN([C@H]2CCN(C)C2)C1. The summed E-state index contributed by atoms with van der Waals surface area (Å²) in [5.74, 6) is 0.941. The van der Waals surface area contributed by atoms with Crippen molar-refractivity contribution in [1.29, 1.82) is 0 Å². The molecule has 2 nitrogen and oxygen atoms in total. The molecule has 2 aliphatic heterocycles. The molecule has 0 saturated carbocycles. The Labute approximate surface area is 75.5 Å². The summed E-state index contributed by atoms with van der Waals surface area (Å²) in [6.45, 7) is 7.67. The molecule has 12 heavy (non-hydrogen) atoms. The second-order valence-electron chi connectivity index (χ2n) is 4.59. The minimum absolute atomic E-state index is 0.875. The van der Waals surface area contributed by atoms with Gasteiger partial charge in [-0.1, -0.05) is 6.92 Å². The molecule has 0 aromatic rings. The zero-order valence-electron chi connectivity index (χ0n) is 8.29. The molecule has 0 bridgehead atoms. The van der Waals surface area contributed by atoms with Crippen molar-refractivity contribution in [3.05, 3.63) is 0 Å². The van der Waals surface area contributed by atoms with E-state index < -0.39 is 0 Å². The van der Waals surface area contributed by atoms with E-state index in [4.69, 9.17) is 0 Å². The topological polar surface area (TPSA) is 6.48 Å². The molecule has 2 saturated heterocycles. The van der Waals surface area contributed by atoms with Crippen molar-refractivity contribution in [2.24, 2.45) is 5.92 Å². The van der Waals surface area contributed by atoms with E-state index in [1.807, 2.05) is 0 Å². The average Bonchev–Trinajstić information content (AvgIpc) is 2.58. The monoisotopic (exact) mass is 168 g/mol. The Balaban J connectivity index is 1.85. The number of hydrogen-bond acceptors (Lipinski definition) is 2. The van der Waals surface area contributed by atoms with Gasteiger partial charge in [-0.25, -0.2) is 0 Å². The molecule has 2 heteroatoms. The Morgan fingerprint density at radius 2 is 1.92 bits per heavy atom. The summed E-state index contributed by atoms with van der Waals surface area (Å²) in [6, 6.07) is 0.875. The van der Waals surface area contributed by atoms with E-state index in [1.165, 1.54) is 39.0 Å². The predicted molar refractivity (Wildman–Crippen MR) is 51.3 cm³/mol. The molecule has 70 valence electrons. The van der Waals surface area contributed by atoms with Gasteiger partial charge in [0, 0.05) is 19.1 Å². The van der Waals surface area contributed by atoms with Gasteiger partial charge >= 0.3 is 0 Å². The molecular formula is C10H20N2. The lowest BCUT2D eigenvalue weighted by Crippen LogP contribution is -2.35. The molecule has 2 rings (SSSR count). The van der Waals surface area contributed by atoms with Gasteiger partial charge in [0.25, 0.3) is 0 Å². The highest BCUT2D eigenvalue weighted by Crippen LogP contribution is 2.22. The molecule has 2 heterocycles. The summed E-state index contributed by atoms with van der Waals surface area (Å²) in [7, 11) is 2.24. The van der Waals surface area contributed by atoms with Crippen LogP contribution in [-0.2, 0) is 0 Å². The van der Waals surface area contributed by atoms with E-state index in [9.17, 15) is 0 Å². The first-order valence-corrected chi connectivity index (χ1v) is 5.18. The zero-order chi connectivity index (χ0) is 8.55. The Morgan fingerprint density at radius 3 is 2.42 bits per heavy atom. The smallest absolute Gasteiger partial charge is 0.0235 e. The molecule has 0 amide bonds. The highest BCUT2D eigenvalue weighted by Gasteiger charge is 2.29. The number of likely N-dealkylation sites (tertiary alicyclic amines) is 2. The van der Waals surface area contributed by atoms with Crippen molar-refractivity contribution < 1.29 is 0 Å². The fourth-order valence-electron chi connectivity index (χ4n) is 2.51.